The smallest absolute Gasteiger partial charge is 0.360 e. The minimum atomic E-state index is -0.918. The van der Waals surface area contributed by atoms with E-state index in [0.29, 0.717) is 0 Å². The summed E-state index contributed by atoms with van der Waals surface area (Å²) in [5.74, 6) is -1.97. The third-order valence-electron chi connectivity index (χ3n) is 4.60. The monoisotopic (exact) mass is 430 g/mol. The van der Waals surface area contributed by atoms with Crippen molar-refractivity contribution < 1.29 is 23.8 Å². The number of esters is 2. The number of fused-ring (bicyclic) bond motifs is 1. The first-order valence-electron chi connectivity index (χ1n) is 9.66. The lowest BCUT2D eigenvalue weighted by molar-refractivity contribution is 0.0585. The van der Waals surface area contributed by atoms with Crippen LogP contribution in [0.15, 0.2) is 83.8 Å². The molecule has 0 bridgehead atoms. The normalized spacial score (nSPS) is 10.5. The first-order valence-corrected chi connectivity index (χ1v) is 9.66. The summed E-state index contributed by atoms with van der Waals surface area (Å²) < 4.78 is 17.0. The van der Waals surface area contributed by atoms with Crippen molar-refractivity contribution in [2.24, 2.45) is 0 Å². The van der Waals surface area contributed by atoms with Crippen LogP contribution < -0.4 is 15.0 Å². The van der Waals surface area contributed by atoms with Crippen molar-refractivity contribution in [3.63, 3.8) is 0 Å². The van der Waals surface area contributed by atoms with Crippen LogP contribution in [0.25, 0.3) is 5.65 Å². The van der Waals surface area contributed by atoms with Gasteiger partial charge < -0.3 is 14.2 Å². The number of ether oxygens (including phenoxy) is 3. The predicted octanol–water partition coefficient (Wildman–Crippen LogP) is 3.28. The Kier molecular flexibility index (Phi) is 5.94. The Hall–Kier alpha value is -4.46. The lowest BCUT2D eigenvalue weighted by Gasteiger charge is -2.13. The maximum Gasteiger partial charge on any atom is 0.360 e. The molecule has 0 unspecified atom stereocenters. The van der Waals surface area contributed by atoms with E-state index in [0.717, 1.165) is 17.1 Å². The molecule has 0 radical (unpaired) electrons. The highest BCUT2D eigenvalue weighted by Gasteiger charge is 2.25. The van der Waals surface area contributed by atoms with Crippen LogP contribution in [0.1, 0.15) is 26.4 Å². The third kappa shape index (κ3) is 4.20. The summed E-state index contributed by atoms with van der Waals surface area (Å²) in [6, 6.07) is 20.8. The number of nitrogens with zero attached hydrogens (tertiary/aromatic N) is 2. The maximum atomic E-state index is 13.1. The topological polar surface area (TPSA) is 96.2 Å². The Balaban J connectivity index is 1.77. The number of benzene rings is 2. The van der Waals surface area contributed by atoms with E-state index in [2.05, 4.69) is 4.98 Å². The molecule has 0 aliphatic heterocycles. The van der Waals surface area contributed by atoms with Gasteiger partial charge in [0.15, 0.2) is 17.1 Å². The molecule has 0 saturated heterocycles. The lowest BCUT2D eigenvalue weighted by Crippen LogP contribution is -2.25. The van der Waals surface area contributed by atoms with E-state index in [-0.39, 0.29) is 23.6 Å². The van der Waals surface area contributed by atoms with Gasteiger partial charge in [-0.2, -0.15) is 0 Å². The summed E-state index contributed by atoms with van der Waals surface area (Å²) in [6.45, 7) is 0.231. The molecule has 4 aromatic rings. The summed E-state index contributed by atoms with van der Waals surface area (Å²) in [7, 11) is 1.15. The standard InChI is InChI=1S/C24H18N2O6/c1-30-24(29)19-20(32-23(28)17-11-6-3-7-12-17)22(27)26-14-8-13-18(21(26)25-19)31-15-16-9-4-2-5-10-16/h2-14H,15H2,1H3. The van der Waals surface area contributed by atoms with Crippen LogP contribution in [-0.4, -0.2) is 28.4 Å². The number of carbonyl (C=O) groups is 2. The van der Waals surface area contributed by atoms with Gasteiger partial charge in [-0.25, -0.2) is 14.6 Å². The molecular formula is C24H18N2O6. The molecule has 0 amide bonds. The molecule has 0 N–H and O–H groups in total. The molecule has 32 heavy (non-hydrogen) atoms. The summed E-state index contributed by atoms with van der Waals surface area (Å²) >= 11 is 0. The second-order valence-corrected chi connectivity index (χ2v) is 6.68. The molecule has 2 aromatic carbocycles. The number of rotatable bonds is 6. The number of pyridine rings is 1. The SMILES string of the molecule is COC(=O)c1nc2c(OCc3ccccc3)cccn2c(=O)c1OC(=O)c1ccccc1. The largest absolute Gasteiger partial charge is 0.485 e. The average molecular weight is 430 g/mol. The molecule has 0 aliphatic rings. The number of carbonyl (C=O) groups excluding carboxylic acids is 2. The minimum Gasteiger partial charge on any atom is -0.485 e. The lowest BCUT2D eigenvalue weighted by atomic mass is 10.2. The van der Waals surface area contributed by atoms with E-state index in [1.165, 1.54) is 18.3 Å². The fourth-order valence-electron chi connectivity index (χ4n) is 3.02. The second-order valence-electron chi connectivity index (χ2n) is 6.68. The van der Waals surface area contributed by atoms with Crippen molar-refractivity contribution in [2.45, 2.75) is 6.61 Å². The average Bonchev–Trinajstić information content (AvgIpc) is 2.85. The van der Waals surface area contributed by atoms with E-state index < -0.39 is 28.9 Å². The predicted molar refractivity (Wildman–Crippen MR) is 115 cm³/mol. The Morgan fingerprint density at radius 1 is 0.906 bits per heavy atom. The minimum absolute atomic E-state index is 0.0911. The number of hydrogen-bond donors (Lipinski definition) is 0. The van der Waals surface area contributed by atoms with Crippen molar-refractivity contribution in [1.29, 1.82) is 0 Å². The third-order valence-corrected chi connectivity index (χ3v) is 4.60. The van der Waals surface area contributed by atoms with E-state index in [9.17, 15) is 14.4 Å². The van der Waals surface area contributed by atoms with Crippen LogP contribution in [-0.2, 0) is 11.3 Å². The first kappa shape index (κ1) is 20.8. The molecule has 8 nitrogen and oxygen atoms in total. The highest BCUT2D eigenvalue weighted by molar-refractivity contribution is 5.95. The quantitative estimate of drug-likeness (QED) is 0.433. The molecule has 2 aromatic heterocycles. The summed E-state index contributed by atoms with van der Waals surface area (Å²) in [4.78, 5) is 42.3. The van der Waals surface area contributed by atoms with Crippen molar-refractivity contribution >= 4 is 17.6 Å². The first-order chi connectivity index (χ1) is 15.6. The number of aromatic nitrogens is 2. The fraction of sp³-hybridized carbons (Fsp3) is 0.0833. The van der Waals surface area contributed by atoms with Gasteiger partial charge in [-0.1, -0.05) is 48.5 Å². The van der Waals surface area contributed by atoms with E-state index in [4.69, 9.17) is 14.2 Å². The van der Waals surface area contributed by atoms with Gasteiger partial charge in [-0.15, -0.1) is 0 Å². The zero-order valence-corrected chi connectivity index (χ0v) is 17.1. The Bertz CT molecular complexity index is 1330. The van der Waals surface area contributed by atoms with Gasteiger partial charge in [-0.05, 0) is 29.8 Å². The zero-order chi connectivity index (χ0) is 22.5. The summed E-state index contributed by atoms with van der Waals surface area (Å²) in [5, 5.41) is 0. The molecule has 0 aliphatic carbocycles. The van der Waals surface area contributed by atoms with Gasteiger partial charge in [0.2, 0.25) is 5.75 Å². The molecular weight excluding hydrogens is 412 g/mol. The van der Waals surface area contributed by atoms with Crippen molar-refractivity contribution in [3.05, 3.63) is 106 Å². The van der Waals surface area contributed by atoms with Crippen LogP contribution in [0.5, 0.6) is 11.5 Å². The molecule has 160 valence electrons. The van der Waals surface area contributed by atoms with E-state index in [1.54, 1.807) is 30.3 Å². The number of hydrogen-bond acceptors (Lipinski definition) is 7. The highest BCUT2D eigenvalue weighted by atomic mass is 16.5. The Morgan fingerprint density at radius 2 is 1.59 bits per heavy atom. The van der Waals surface area contributed by atoms with Gasteiger partial charge >= 0.3 is 17.5 Å². The van der Waals surface area contributed by atoms with Gasteiger partial charge in [0.1, 0.15) is 6.61 Å². The molecule has 4 rings (SSSR count). The van der Waals surface area contributed by atoms with Crippen molar-refractivity contribution in [3.8, 4) is 11.5 Å². The second kappa shape index (κ2) is 9.13. The number of methoxy groups -OCH3 is 1. The molecule has 0 saturated carbocycles. The van der Waals surface area contributed by atoms with Crippen LogP contribution in [0.3, 0.4) is 0 Å². The zero-order valence-electron chi connectivity index (χ0n) is 17.1. The molecule has 0 atom stereocenters. The van der Waals surface area contributed by atoms with E-state index in [1.807, 2.05) is 30.3 Å². The van der Waals surface area contributed by atoms with Crippen LogP contribution in [0, 0.1) is 0 Å². The van der Waals surface area contributed by atoms with Crippen molar-refractivity contribution in [1.82, 2.24) is 9.38 Å². The van der Waals surface area contributed by atoms with Crippen LogP contribution in [0.4, 0.5) is 0 Å². The van der Waals surface area contributed by atoms with Crippen LogP contribution >= 0.6 is 0 Å². The summed E-state index contributed by atoms with van der Waals surface area (Å²) in [5.41, 5.74) is 0.0573. The van der Waals surface area contributed by atoms with Gasteiger partial charge in [-0.3, -0.25) is 9.20 Å². The van der Waals surface area contributed by atoms with Gasteiger partial charge in [0.25, 0.3) is 0 Å². The Morgan fingerprint density at radius 3 is 2.28 bits per heavy atom. The maximum absolute atomic E-state index is 13.1. The Labute approximate surface area is 182 Å². The summed E-state index contributed by atoms with van der Waals surface area (Å²) in [6.07, 6.45) is 1.45. The highest BCUT2D eigenvalue weighted by Crippen LogP contribution is 2.22. The fourth-order valence-corrected chi connectivity index (χ4v) is 3.02. The molecule has 2 heterocycles. The van der Waals surface area contributed by atoms with Gasteiger partial charge in [0, 0.05) is 6.20 Å². The van der Waals surface area contributed by atoms with Gasteiger partial charge in [0.05, 0.1) is 12.7 Å². The molecule has 8 heteroatoms. The van der Waals surface area contributed by atoms with Crippen molar-refractivity contribution in [2.75, 3.05) is 7.11 Å². The van der Waals surface area contributed by atoms with E-state index >= 15 is 0 Å². The van der Waals surface area contributed by atoms with Crippen LogP contribution in [0.2, 0.25) is 0 Å². The molecule has 0 spiro atoms. The molecule has 0 fully saturated rings.